The van der Waals surface area contributed by atoms with Gasteiger partial charge in [-0.25, -0.2) is 13.6 Å². The summed E-state index contributed by atoms with van der Waals surface area (Å²) >= 11 is 16.9. The molecule has 2 N–H and O–H groups in total. The highest BCUT2D eigenvalue weighted by Gasteiger charge is 2.44. The van der Waals surface area contributed by atoms with Gasteiger partial charge in [0.2, 0.25) is 0 Å². The smallest absolute Gasteiger partial charge is 0.412 e. The lowest BCUT2D eigenvalue weighted by Gasteiger charge is -2.23. The molecule has 0 saturated carbocycles. The minimum absolute atomic E-state index is 0.105. The number of rotatable bonds is 5. The molecule has 0 saturated heterocycles. The average molecular weight is 530 g/mol. The van der Waals surface area contributed by atoms with Gasteiger partial charge in [0.25, 0.3) is 5.91 Å². The minimum Gasteiger partial charge on any atom is -0.478 e. The third-order valence-corrected chi connectivity index (χ3v) is 5.73. The van der Waals surface area contributed by atoms with Gasteiger partial charge >= 0.3 is 12.1 Å². The monoisotopic (exact) mass is 528 g/mol. The molecule has 2 aromatic carbocycles. The number of nitrogens with one attached hydrogen (secondary N) is 1. The quantitative estimate of drug-likeness (QED) is 0.221. The first-order chi connectivity index (χ1) is 15.3. The third-order valence-electron chi connectivity index (χ3n) is 4.81. The van der Waals surface area contributed by atoms with Gasteiger partial charge < -0.3 is 15.0 Å². The van der Waals surface area contributed by atoms with Crippen LogP contribution in [0.3, 0.4) is 0 Å². The first-order valence-corrected chi connectivity index (χ1v) is 10.2. The van der Waals surface area contributed by atoms with E-state index in [0.29, 0.717) is 11.6 Å². The number of amides is 1. The van der Waals surface area contributed by atoms with E-state index in [0.717, 1.165) is 0 Å². The van der Waals surface area contributed by atoms with Gasteiger partial charge in [-0.15, -0.1) is 0 Å². The third kappa shape index (κ3) is 4.60. The van der Waals surface area contributed by atoms with Gasteiger partial charge in [0, 0.05) is 17.5 Å². The van der Waals surface area contributed by atoms with Crippen molar-refractivity contribution in [3.05, 3.63) is 67.8 Å². The second-order valence-corrected chi connectivity index (χ2v) is 8.00. The Morgan fingerprint density at radius 1 is 1.06 bits per heavy atom. The highest BCUT2D eigenvalue weighted by atomic mass is 35.5. The van der Waals surface area contributed by atoms with Crippen LogP contribution in [0, 0.1) is 11.6 Å². The zero-order valence-corrected chi connectivity index (χ0v) is 18.6. The molecule has 3 aromatic rings. The Morgan fingerprint density at radius 2 is 1.70 bits per heavy atom. The molecule has 1 atom stereocenters. The number of halogens is 8. The van der Waals surface area contributed by atoms with Gasteiger partial charge in [0.05, 0.1) is 21.1 Å². The summed E-state index contributed by atoms with van der Waals surface area (Å²) in [6.45, 7) is 1.70. The van der Waals surface area contributed by atoms with E-state index >= 15 is 0 Å². The maximum atomic E-state index is 14.4. The van der Waals surface area contributed by atoms with Crippen LogP contribution in [-0.4, -0.2) is 27.7 Å². The Morgan fingerprint density at radius 3 is 2.24 bits per heavy atom. The Kier molecular flexibility index (Phi) is 6.84. The normalized spacial score (nSPS) is 12.8. The topological polar surface area (TPSA) is 71.3 Å². The molecule has 1 aromatic heterocycles. The SMILES string of the molecule is CCn1c(C(=O)NC(c2cc(Cl)c(F)c(Cl)c2F)C(F)(F)F)cc2cc(C(=O)O)c(Cl)cc21. The molecule has 0 spiro atoms. The van der Waals surface area contributed by atoms with Crippen LogP contribution in [0.25, 0.3) is 10.9 Å². The zero-order chi connectivity index (χ0) is 24.8. The lowest BCUT2D eigenvalue weighted by Crippen LogP contribution is -2.39. The summed E-state index contributed by atoms with van der Waals surface area (Å²) in [6, 6.07) is 1.09. The number of carboxylic acid groups (broad SMARTS) is 1. The molecule has 0 aliphatic rings. The van der Waals surface area contributed by atoms with E-state index < -0.39 is 51.3 Å². The first kappa shape index (κ1) is 25.1. The van der Waals surface area contributed by atoms with Gasteiger partial charge in [-0.1, -0.05) is 34.8 Å². The zero-order valence-electron chi connectivity index (χ0n) is 16.3. The molecule has 0 fully saturated rings. The Hall–Kier alpha value is -2.56. The number of carbonyl (C=O) groups excluding carboxylic acids is 1. The van der Waals surface area contributed by atoms with Crippen molar-refractivity contribution in [3.8, 4) is 0 Å². The minimum atomic E-state index is -5.20. The molecule has 1 heterocycles. The van der Waals surface area contributed by atoms with Crippen LogP contribution in [0.4, 0.5) is 22.0 Å². The second kappa shape index (κ2) is 9.00. The van der Waals surface area contributed by atoms with Crippen molar-refractivity contribution in [2.24, 2.45) is 0 Å². The number of hydrogen-bond donors (Lipinski definition) is 2. The molecule has 0 aliphatic carbocycles. The van der Waals surface area contributed by atoms with E-state index in [1.165, 1.54) is 22.8 Å². The molecule has 176 valence electrons. The number of aryl methyl sites for hydroxylation is 1. The van der Waals surface area contributed by atoms with Crippen LogP contribution in [-0.2, 0) is 6.54 Å². The van der Waals surface area contributed by atoms with Crippen molar-refractivity contribution in [2.45, 2.75) is 25.7 Å². The maximum absolute atomic E-state index is 14.4. The standard InChI is InChI=1S/C20H12Cl3F5N2O3/c1-2-30-12-6-10(21)8(19(32)33)3-7(12)4-13(30)18(31)29-17(20(26,27)28)9-5-11(22)16(25)14(23)15(9)24/h3-6,17H,2H2,1H3,(H,29,31)(H,32,33). The lowest BCUT2D eigenvalue weighted by atomic mass is 10.0. The number of nitrogens with zero attached hydrogens (tertiary/aromatic N) is 1. The predicted molar refractivity (Wildman–Crippen MR) is 112 cm³/mol. The molecule has 13 heteroatoms. The van der Waals surface area contributed by atoms with E-state index in [2.05, 4.69) is 0 Å². The largest absolute Gasteiger partial charge is 0.478 e. The van der Waals surface area contributed by atoms with Crippen molar-refractivity contribution < 1.29 is 36.6 Å². The number of carbonyl (C=O) groups is 2. The lowest BCUT2D eigenvalue weighted by molar-refractivity contribution is -0.155. The maximum Gasteiger partial charge on any atom is 0.412 e. The number of hydrogen-bond acceptors (Lipinski definition) is 2. The van der Waals surface area contributed by atoms with Crippen LogP contribution in [0.2, 0.25) is 15.1 Å². The fourth-order valence-corrected chi connectivity index (χ4v) is 4.03. The molecule has 1 amide bonds. The molecule has 33 heavy (non-hydrogen) atoms. The van der Waals surface area contributed by atoms with Crippen molar-refractivity contribution in [1.29, 1.82) is 0 Å². The van der Waals surface area contributed by atoms with Crippen molar-refractivity contribution in [3.63, 3.8) is 0 Å². The molecule has 5 nitrogen and oxygen atoms in total. The van der Waals surface area contributed by atoms with Crippen LogP contribution in [0.5, 0.6) is 0 Å². The van der Waals surface area contributed by atoms with Gasteiger partial charge in [0.15, 0.2) is 11.9 Å². The summed E-state index contributed by atoms with van der Waals surface area (Å²) in [4.78, 5) is 24.1. The summed E-state index contributed by atoms with van der Waals surface area (Å²) in [7, 11) is 0. The highest BCUT2D eigenvalue weighted by molar-refractivity contribution is 6.35. The summed E-state index contributed by atoms with van der Waals surface area (Å²) in [6.07, 6.45) is -5.20. The summed E-state index contributed by atoms with van der Waals surface area (Å²) in [5, 5.41) is 8.87. The number of benzene rings is 2. The Labute approximate surface area is 197 Å². The Bertz CT molecular complexity index is 1290. The van der Waals surface area contributed by atoms with Crippen LogP contribution in [0.1, 0.15) is 39.4 Å². The molecular weight excluding hydrogens is 518 g/mol. The first-order valence-electron chi connectivity index (χ1n) is 9.04. The van der Waals surface area contributed by atoms with E-state index in [-0.39, 0.29) is 28.2 Å². The van der Waals surface area contributed by atoms with E-state index in [9.17, 15) is 36.6 Å². The Balaban J connectivity index is 2.11. The molecule has 0 bridgehead atoms. The molecular formula is C20H12Cl3F5N2O3. The average Bonchev–Trinajstić information content (AvgIpc) is 3.09. The van der Waals surface area contributed by atoms with Crippen LogP contribution in [0.15, 0.2) is 24.3 Å². The number of carboxylic acids is 1. The van der Waals surface area contributed by atoms with E-state index in [4.69, 9.17) is 34.8 Å². The molecule has 1 unspecified atom stereocenters. The number of fused-ring (bicyclic) bond motifs is 1. The molecule has 0 radical (unpaired) electrons. The van der Waals surface area contributed by atoms with Gasteiger partial charge in [-0.3, -0.25) is 4.79 Å². The van der Waals surface area contributed by atoms with Crippen LogP contribution < -0.4 is 5.32 Å². The van der Waals surface area contributed by atoms with E-state index in [1.54, 1.807) is 12.2 Å². The molecule has 3 rings (SSSR count). The van der Waals surface area contributed by atoms with E-state index in [1.807, 2.05) is 0 Å². The van der Waals surface area contributed by atoms with Crippen LogP contribution >= 0.6 is 34.8 Å². The fourth-order valence-electron chi connectivity index (χ4n) is 3.32. The number of aromatic carboxylic acids is 1. The van der Waals surface area contributed by atoms with Crippen molar-refractivity contribution in [2.75, 3.05) is 0 Å². The number of alkyl halides is 3. The van der Waals surface area contributed by atoms with Gasteiger partial charge in [0.1, 0.15) is 16.5 Å². The summed E-state index contributed by atoms with van der Waals surface area (Å²) in [5.74, 6) is -5.77. The van der Waals surface area contributed by atoms with Crippen molar-refractivity contribution in [1.82, 2.24) is 9.88 Å². The van der Waals surface area contributed by atoms with Gasteiger partial charge in [-0.2, -0.15) is 13.2 Å². The number of aromatic nitrogens is 1. The summed E-state index contributed by atoms with van der Waals surface area (Å²) < 4.78 is 70.6. The molecule has 0 aliphatic heterocycles. The fraction of sp³-hybridized carbons (Fsp3) is 0.200. The second-order valence-electron chi connectivity index (χ2n) is 6.81. The van der Waals surface area contributed by atoms with Crippen molar-refractivity contribution >= 4 is 57.6 Å². The summed E-state index contributed by atoms with van der Waals surface area (Å²) in [5.41, 5.74) is -1.43. The highest BCUT2D eigenvalue weighted by Crippen LogP contribution is 2.39. The predicted octanol–water partition coefficient (Wildman–Crippen LogP) is 6.63. The van der Waals surface area contributed by atoms with Gasteiger partial charge in [-0.05, 0) is 31.2 Å².